The number of rotatable bonds is 9. The summed E-state index contributed by atoms with van der Waals surface area (Å²) < 4.78 is 37.9. The molecule has 219 valence electrons. The first-order valence-corrected chi connectivity index (χ1v) is 12.6. The second-order valence-corrected chi connectivity index (χ2v) is 10.9. The molecule has 2 N–H and O–H groups in total. The van der Waals surface area contributed by atoms with Crippen LogP contribution in [0.4, 0.5) is 8.78 Å². The molecule has 12 heteroatoms. The van der Waals surface area contributed by atoms with Gasteiger partial charge in [0.15, 0.2) is 11.5 Å². The summed E-state index contributed by atoms with van der Waals surface area (Å²) in [5.74, 6) is -1.07. The average Bonchev–Trinajstić information content (AvgIpc) is 3.29. The van der Waals surface area contributed by atoms with E-state index in [4.69, 9.17) is 9.26 Å². The van der Waals surface area contributed by atoms with Gasteiger partial charge >= 0.3 is 0 Å². The van der Waals surface area contributed by atoms with E-state index in [2.05, 4.69) is 25.7 Å². The van der Waals surface area contributed by atoms with Crippen LogP contribution >= 0.6 is 0 Å². The molecule has 9 nitrogen and oxygen atoms in total. The first kappa shape index (κ1) is 28.3. The number of likely N-dealkylation sites (tertiary alicyclic amines) is 1. The van der Waals surface area contributed by atoms with E-state index in [-0.39, 0.29) is 29.3 Å². The minimum Gasteiger partial charge on any atom is -0.444 e. The van der Waals surface area contributed by atoms with Gasteiger partial charge < -0.3 is 24.8 Å². The van der Waals surface area contributed by atoms with Crippen molar-refractivity contribution in [1.82, 2.24) is 25.7 Å². The van der Waals surface area contributed by atoms with Crippen LogP contribution in [0.15, 0.2) is 47.1 Å². The summed E-state index contributed by atoms with van der Waals surface area (Å²) in [5.41, 5.74) is 0.191. The number of aryl methyl sites for hydroxylation is 1. The number of nitrogens with zero attached hydrogens (tertiary/aromatic N) is 3. The van der Waals surface area contributed by atoms with Crippen molar-refractivity contribution in [1.29, 1.82) is 0 Å². The third-order valence-electron chi connectivity index (χ3n) is 7.00. The zero-order valence-corrected chi connectivity index (χ0v) is 24.6. The second kappa shape index (κ2) is 10.8. The Hall–Kier alpha value is -4.70. The Bertz CT molecular complexity index is 1390. The van der Waals surface area contributed by atoms with Crippen LogP contribution in [0.3, 0.4) is 0 Å². The Morgan fingerprint density at radius 3 is 2.55 bits per heavy atom. The molecule has 2 saturated heterocycles. The van der Waals surface area contributed by atoms with Crippen molar-refractivity contribution in [3.63, 3.8) is 0 Å². The van der Waals surface area contributed by atoms with E-state index in [0.29, 0.717) is 26.3 Å². The number of pyridine rings is 1. The van der Waals surface area contributed by atoms with Crippen LogP contribution < -0.4 is 10.6 Å². The maximum atomic E-state index is 14.2. The minimum atomic E-state index is -0.836. The zero-order chi connectivity index (χ0) is 27.8. The summed E-state index contributed by atoms with van der Waals surface area (Å²) in [6.45, 7) is 8.62. The maximum absolute atomic E-state index is 14.2. The Morgan fingerprint density at radius 1 is 1.15 bits per heavy atom. The Balaban J connectivity index is 0.00000370. The topological polar surface area (TPSA) is 110 Å². The normalized spacial score (nSPS) is 16.8. The third kappa shape index (κ3) is 5.97. The quantitative estimate of drug-likeness (QED) is 0.321. The second-order valence-electron chi connectivity index (χ2n) is 10.9. The molecule has 4 heterocycles. The van der Waals surface area contributed by atoms with Crippen molar-refractivity contribution in [2.24, 2.45) is 0 Å². The predicted octanol–water partition coefficient (Wildman–Crippen LogP) is 3.15. The molecule has 2 amide bonds. The van der Waals surface area contributed by atoms with Gasteiger partial charge in [0.25, 0.3) is 5.91 Å². The average molecular weight is 797 g/mol. The summed E-state index contributed by atoms with van der Waals surface area (Å²) in [4.78, 5) is 32.8. The predicted molar refractivity (Wildman–Crippen MR) is 137 cm³/mol. The molecule has 0 bridgehead atoms. The summed E-state index contributed by atoms with van der Waals surface area (Å²) in [6, 6.07) is 8.13. The van der Waals surface area contributed by atoms with E-state index in [1.165, 1.54) is 18.1 Å². The van der Waals surface area contributed by atoms with E-state index in [1.807, 2.05) is 32.9 Å². The van der Waals surface area contributed by atoms with Gasteiger partial charge in [-0.15, -0.1) is 6.54 Å². The van der Waals surface area contributed by atoms with Crippen molar-refractivity contribution in [3.8, 4) is 11.3 Å². The number of ether oxygens (including phenoxy) is 1. The molecule has 2 aromatic heterocycles. The summed E-state index contributed by atoms with van der Waals surface area (Å²) in [7, 11) is 0. The largest absolute Gasteiger partial charge is 0.444 e. The van der Waals surface area contributed by atoms with Crippen molar-refractivity contribution in [2.45, 2.75) is 38.3 Å². The molecule has 5 rings (SSSR count). The number of hydrogen-bond donors (Lipinski definition) is 2. The van der Waals surface area contributed by atoms with Gasteiger partial charge in [-0.2, -0.15) is 0 Å². The molecule has 40 heavy (non-hydrogen) atoms. The molecule has 2 aliphatic heterocycles. The monoisotopic (exact) mass is 796 g/mol. The molecule has 1 radical (unpaired) electrons. The van der Waals surface area contributed by atoms with Gasteiger partial charge in [0.1, 0.15) is 11.6 Å². The van der Waals surface area contributed by atoms with Crippen LogP contribution in [-0.4, -0.2) is 65.2 Å². The molecule has 1 aromatic carbocycles. The Morgan fingerprint density at radius 2 is 1.90 bits per heavy atom. The number of nitrogens with one attached hydrogen (secondary N) is 2. The van der Waals surface area contributed by atoms with E-state index < -0.39 is 28.6 Å². The van der Waals surface area contributed by atoms with E-state index >= 15 is 0 Å². The molecular formula is C28H30F2MdN5O4-. The van der Waals surface area contributed by atoms with Crippen LogP contribution in [-0.2, 0) is 15.1 Å². The van der Waals surface area contributed by atoms with Crippen molar-refractivity contribution >= 4 is 11.8 Å². The fourth-order valence-electron chi connectivity index (χ4n) is 5.02. The van der Waals surface area contributed by atoms with E-state index in [1.54, 1.807) is 6.20 Å². The standard InChI is InChI=1S/C28H30F2N5O4.Md/c1-17-8-19(6-7-31-17)27(2,3)32-25(36)11-28(15-35(16-28)12-18-13-38-14-18)33-26(37)23-10-24(39-34-23)21-5-4-20(29)9-22(21)30;/h4-10H,11-16H2,1-3H3,(H,32,36)(H,33,37);/q-1;. The molecule has 2 fully saturated rings. The van der Waals surface area contributed by atoms with Crippen LogP contribution in [0, 0.1) is 24.5 Å². The van der Waals surface area contributed by atoms with Crippen LogP contribution in [0.1, 0.15) is 42.0 Å². The maximum Gasteiger partial charge on any atom is 0.274 e. The number of benzene rings is 1. The Kier molecular flexibility index (Phi) is 7.66. The van der Waals surface area contributed by atoms with Gasteiger partial charge in [0.05, 0.1) is 23.1 Å². The first-order valence-electron chi connectivity index (χ1n) is 12.6. The first-order chi connectivity index (χ1) is 18.5. The van der Waals surface area contributed by atoms with Gasteiger partial charge in [0, 0.05) is 37.1 Å². The third-order valence-corrected chi connectivity index (χ3v) is 7.00. The van der Waals surface area contributed by atoms with Crippen LogP contribution in [0.25, 0.3) is 11.3 Å². The molecule has 0 saturated carbocycles. The minimum absolute atomic E-state index is 0. The smallest absolute Gasteiger partial charge is 0.274 e. The molecule has 0 atom stereocenters. The van der Waals surface area contributed by atoms with Gasteiger partial charge in [-0.25, -0.2) is 8.78 Å². The van der Waals surface area contributed by atoms with Crippen LogP contribution in [0.2, 0.25) is 0 Å². The number of carbonyl (C=O) groups excluding carboxylic acids is 2. The fourth-order valence-corrected chi connectivity index (χ4v) is 5.02. The zero-order valence-electron chi connectivity index (χ0n) is 22.3. The molecule has 2 aliphatic rings. The molecule has 0 aliphatic carbocycles. The number of hydrogen-bond acceptors (Lipinski definition) is 7. The SMILES string of the molecule is Cc1cc(C(C)(C)NC(=O)CC2(NC(=O)c3cc(-c4ccc(F)cc4F)on3)CN(C[C-]3COC3)C2)ccn1.[Md]. The van der Waals surface area contributed by atoms with Crippen molar-refractivity contribution in [2.75, 3.05) is 32.8 Å². The van der Waals surface area contributed by atoms with Gasteiger partial charge in [-0.05, 0) is 50.6 Å². The summed E-state index contributed by atoms with van der Waals surface area (Å²) >= 11 is 0. The van der Waals surface area contributed by atoms with Crippen molar-refractivity contribution in [3.05, 3.63) is 77.1 Å². The number of amides is 2. The fraction of sp³-hybridized carbons (Fsp3) is 0.393. The van der Waals surface area contributed by atoms with E-state index in [9.17, 15) is 18.4 Å². The number of carbonyl (C=O) groups is 2. The number of halogens is 2. The number of aromatic nitrogens is 2. The molecule has 0 spiro atoms. The molecule has 0 unspecified atom stereocenters. The molecule has 3 aromatic rings. The Labute approximate surface area is 224 Å². The summed E-state index contributed by atoms with van der Waals surface area (Å²) in [6.07, 6.45) is 1.75. The van der Waals surface area contributed by atoms with E-state index in [0.717, 1.165) is 29.9 Å². The van der Waals surface area contributed by atoms with Crippen LogP contribution in [0.5, 0.6) is 0 Å². The summed E-state index contributed by atoms with van der Waals surface area (Å²) in [5, 5.41) is 9.84. The van der Waals surface area contributed by atoms with Crippen molar-refractivity contribution < 1.29 is 27.6 Å². The molecular weight excluding hydrogens is 766 g/mol. The van der Waals surface area contributed by atoms with Gasteiger partial charge in [-0.1, -0.05) is 18.4 Å². The van der Waals surface area contributed by atoms with Gasteiger partial charge in [-0.3, -0.25) is 20.5 Å². The van der Waals surface area contributed by atoms with Gasteiger partial charge in [0.2, 0.25) is 5.91 Å².